The van der Waals surface area contributed by atoms with Gasteiger partial charge in [-0.2, -0.15) is 0 Å². The van der Waals surface area contributed by atoms with Crippen molar-refractivity contribution in [2.75, 3.05) is 4.72 Å². The maximum Gasteiger partial charge on any atom is 0.263 e. The number of hydrogen-bond acceptors (Lipinski definition) is 4. The summed E-state index contributed by atoms with van der Waals surface area (Å²) in [6, 6.07) is 5.25. The van der Waals surface area contributed by atoms with Crippen molar-refractivity contribution in [3.8, 4) is 0 Å². The largest absolute Gasteiger partial charge is 0.352 e. The van der Waals surface area contributed by atoms with E-state index < -0.39 is 10.0 Å². The Morgan fingerprint density at radius 2 is 1.95 bits per heavy atom. The number of aromatic nitrogens is 2. The minimum absolute atomic E-state index is 0.252. The van der Waals surface area contributed by atoms with Crippen LogP contribution < -0.4 is 10.0 Å². The molecule has 7 heteroatoms. The summed E-state index contributed by atoms with van der Waals surface area (Å²) < 4.78 is 29.0. The average Bonchev–Trinajstić information content (AvgIpc) is 2.79. The summed E-state index contributed by atoms with van der Waals surface area (Å²) in [5.41, 5.74) is 1.41. The monoisotopic (exact) mass is 308 g/mol. The minimum Gasteiger partial charge on any atom is -0.352 e. The Hall–Kier alpha value is -1.86. The van der Waals surface area contributed by atoms with Gasteiger partial charge in [-0.25, -0.2) is 8.42 Å². The van der Waals surface area contributed by atoms with Crippen LogP contribution in [0.3, 0.4) is 0 Å². The molecule has 114 valence electrons. The smallest absolute Gasteiger partial charge is 0.263 e. The van der Waals surface area contributed by atoms with Gasteiger partial charge in [0.1, 0.15) is 4.90 Å². The normalized spacial score (nSPS) is 11.8. The van der Waals surface area contributed by atoms with Gasteiger partial charge in [-0.1, -0.05) is 13.8 Å². The van der Waals surface area contributed by atoms with Crippen LogP contribution in [-0.4, -0.2) is 24.0 Å². The molecule has 2 heterocycles. The maximum atomic E-state index is 12.3. The van der Waals surface area contributed by atoms with E-state index in [2.05, 4.69) is 15.0 Å². The van der Waals surface area contributed by atoms with Crippen molar-refractivity contribution < 1.29 is 8.42 Å². The Morgan fingerprint density at radius 1 is 1.29 bits per heavy atom. The van der Waals surface area contributed by atoms with Crippen LogP contribution in [0.1, 0.15) is 19.5 Å². The second-order valence-electron chi connectivity index (χ2n) is 5.16. The third kappa shape index (κ3) is 4.05. The summed E-state index contributed by atoms with van der Waals surface area (Å²) in [6.07, 6.45) is 4.70. The summed E-state index contributed by atoms with van der Waals surface area (Å²) in [6.45, 7) is 4.72. The number of hydrogen-bond donors (Lipinski definition) is 2. The standard InChI is InChI=1S/C14H20N4O2S/c1-11(2)16-9-13-8-14(10-18(13)3)21(19,20)17-12-4-6-15-7-5-12/h4-8,10-11,16H,9H2,1-3H3,(H,15,17). The Morgan fingerprint density at radius 3 is 2.57 bits per heavy atom. The predicted molar refractivity (Wildman–Crippen MR) is 82.4 cm³/mol. The third-order valence-electron chi connectivity index (χ3n) is 3.02. The van der Waals surface area contributed by atoms with Crippen molar-refractivity contribution in [1.82, 2.24) is 14.9 Å². The molecule has 0 radical (unpaired) electrons. The van der Waals surface area contributed by atoms with Gasteiger partial charge in [0.05, 0.1) is 5.69 Å². The Bertz CT molecular complexity index is 693. The van der Waals surface area contributed by atoms with Crippen LogP contribution >= 0.6 is 0 Å². The fourth-order valence-corrected chi connectivity index (χ4v) is 2.99. The van der Waals surface area contributed by atoms with Gasteiger partial charge >= 0.3 is 0 Å². The molecule has 2 N–H and O–H groups in total. The molecule has 0 amide bonds. The van der Waals surface area contributed by atoms with E-state index in [0.29, 0.717) is 18.3 Å². The zero-order valence-electron chi connectivity index (χ0n) is 12.4. The first-order chi connectivity index (χ1) is 9.88. The molecule has 2 aromatic rings. The number of aryl methyl sites for hydroxylation is 1. The molecule has 0 unspecified atom stereocenters. The van der Waals surface area contributed by atoms with Crippen molar-refractivity contribution in [2.24, 2.45) is 7.05 Å². The van der Waals surface area contributed by atoms with Gasteiger partial charge in [-0.05, 0) is 18.2 Å². The van der Waals surface area contributed by atoms with E-state index in [-0.39, 0.29) is 4.90 Å². The summed E-state index contributed by atoms with van der Waals surface area (Å²) in [5.74, 6) is 0. The molecule has 0 saturated carbocycles. The molecule has 6 nitrogen and oxygen atoms in total. The quantitative estimate of drug-likeness (QED) is 0.852. The summed E-state index contributed by atoms with van der Waals surface area (Å²) in [7, 11) is -1.74. The van der Waals surface area contributed by atoms with Gasteiger partial charge in [-0.3, -0.25) is 9.71 Å². The van der Waals surface area contributed by atoms with E-state index in [4.69, 9.17) is 0 Å². The Balaban J connectivity index is 2.19. The number of pyridine rings is 1. The van der Waals surface area contributed by atoms with Gasteiger partial charge in [-0.15, -0.1) is 0 Å². The van der Waals surface area contributed by atoms with Crippen molar-refractivity contribution in [2.45, 2.75) is 31.3 Å². The molecule has 0 aliphatic rings. The highest BCUT2D eigenvalue weighted by Gasteiger charge is 2.17. The topological polar surface area (TPSA) is 76.0 Å². The van der Waals surface area contributed by atoms with Gasteiger partial charge in [0.15, 0.2) is 0 Å². The van der Waals surface area contributed by atoms with Crippen molar-refractivity contribution in [1.29, 1.82) is 0 Å². The SMILES string of the molecule is CC(C)NCc1cc(S(=O)(=O)Nc2ccncc2)cn1C. The highest BCUT2D eigenvalue weighted by atomic mass is 32.2. The molecule has 0 fully saturated rings. The highest BCUT2D eigenvalue weighted by molar-refractivity contribution is 7.92. The molecule has 21 heavy (non-hydrogen) atoms. The van der Waals surface area contributed by atoms with Gasteiger partial charge < -0.3 is 9.88 Å². The first-order valence-corrected chi connectivity index (χ1v) is 8.18. The number of nitrogens with zero attached hydrogens (tertiary/aromatic N) is 2. The number of nitrogens with one attached hydrogen (secondary N) is 2. The molecule has 0 spiro atoms. The fraction of sp³-hybridized carbons (Fsp3) is 0.357. The molecule has 0 aromatic carbocycles. The van der Waals surface area contributed by atoms with Crippen molar-refractivity contribution >= 4 is 15.7 Å². The van der Waals surface area contributed by atoms with Crippen LogP contribution in [0.5, 0.6) is 0 Å². The van der Waals surface area contributed by atoms with E-state index in [9.17, 15) is 8.42 Å². The molecule has 0 aliphatic carbocycles. The maximum absolute atomic E-state index is 12.3. The third-order valence-corrected chi connectivity index (χ3v) is 4.37. The minimum atomic E-state index is -3.58. The van der Waals surface area contributed by atoms with Gasteiger partial charge in [0.2, 0.25) is 0 Å². The molecular weight excluding hydrogens is 288 g/mol. The van der Waals surface area contributed by atoms with Crippen LogP contribution in [0, 0.1) is 0 Å². The molecule has 2 rings (SSSR count). The second kappa shape index (κ2) is 6.28. The lowest BCUT2D eigenvalue weighted by Crippen LogP contribution is -2.22. The first-order valence-electron chi connectivity index (χ1n) is 6.70. The molecule has 0 bridgehead atoms. The first kappa shape index (κ1) is 15.5. The van der Waals surface area contributed by atoms with E-state index in [1.807, 2.05) is 25.5 Å². The lowest BCUT2D eigenvalue weighted by molar-refractivity contribution is 0.571. The van der Waals surface area contributed by atoms with Gasteiger partial charge in [0, 0.05) is 43.9 Å². The average molecular weight is 308 g/mol. The second-order valence-corrected chi connectivity index (χ2v) is 6.84. The van der Waals surface area contributed by atoms with Gasteiger partial charge in [0.25, 0.3) is 10.0 Å². The summed E-state index contributed by atoms with van der Waals surface area (Å²) >= 11 is 0. The van der Waals surface area contributed by atoms with Crippen molar-refractivity contribution in [3.05, 3.63) is 42.5 Å². The molecule has 0 atom stereocenters. The van der Waals surface area contributed by atoms with E-state index in [1.165, 1.54) is 0 Å². The van der Waals surface area contributed by atoms with Crippen LogP contribution in [-0.2, 0) is 23.6 Å². The van der Waals surface area contributed by atoms with E-state index >= 15 is 0 Å². The summed E-state index contributed by atoms with van der Waals surface area (Å²) in [4.78, 5) is 4.11. The highest BCUT2D eigenvalue weighted by Crippen LogP contribution is 2.17. The number of sulfonamides is 1. The molecule has 0 aliphatic heterocycles. The van der Waals surface area contributed by atoms with Crippen LogP contribution in [0.4, 0.5) is 5.69 Å². The van der Waals surface area contributed by atoms with E-state index in [1.54, 1.807) is 36.8 Å². The van der Waals surface area contributed by atoms with Crippen LogP contribution in [0.15, 0.2) is 41.7 Å². The lowest BCUT2D eigenvalue weighted by atomic mass is 10.3. The zero-order chi connectivity index (χ0) is 15.5. The van der Waals surface area contributed by atoms with Crippen LogP contribution in [0.2, 0.25) is 0 Å². The van der Waals surface area contributed by atoms with Crippen LogP contribution in [0.25, 0.3) is 0 Å². The molecular formula is C14H20N4O2S. The number of rotatable bonds is 6. The van der Waals surface area contributed by atoms with E-state index in [0.717, 1.165) is 5.69 Å². The zero-order valence-corrected chi connectivity index (χ0v) is 13.2. The molecule has 2 aromatic heterocycles. The molecule has 0 saturated heterocycles. The predicted octanol–water partition coefficient (Wildman–Crippen LogP) is 1.72. The summed E-state index contributed by atoms with van der Waals surface area (Å²) in [5, 5.41) is 3.27. The number of anilines is 1. The Kier molecular flexibility index (Phi) is 4.64. The lowest BCUT2D eigenvalue weighted by Gasteiger charge is -2.08. The van der Waals surface area contributed by atoms with Crippen molar-refractivity contribution in [3.63, 3.8) is 0 Å². The fourth-order valence-electron chi connectivity index (χ4n) is 1.84. The Labute approximate surface area is 125 Å².